The van der Waals surface area contributed by atoms with Crippen LogP contribution in [0.25, 0.3) is 22.8 Å². The van der Waals surface area contributed by atoms with Gasteiger partial charge >= 0.3 is 0 Å². The molecule has 5 heteroatoms. The lowest BCUT2D eigenvalue weighted by atomic mass is 10.00. The Balaban J connectivity index is 1.63. The van der Waals surface area contributed by atoms with Crippen LogP contribution in [0, 0.1) is 0 Å². The molecule has 5 nitrogen and oxygen atoms in total. The van der Waals surface area contributed by atoms with Gasteiger partial charge in [0.2, 0.25) is 5.82 Å². The number of rotatable bonds is 3. The fourth-order valence-electron chi connectivity index (χ4n) is 3.05. The van der Waals surface area contributed by atoms with Gasteiger partial charge in [-0.3, -0.25) is 0 Å². The van der Waals surface area contributed by atoms with E-state index in [1.165, 1.54) is 11.1 Å². The lowest BCUT2D eigenvalue weighted by molar-refractivity contribution is 0.432. The maximum atomic E-state index is 5.63. The van der Waals surface area contributed by atoms with E-state index in [-0.39, 0.29) is 0 Å². The summed E-state index contributed by atoms with van der Waals surface area (Å²) in [5, 5.41) is 7.55. The highest BCUT2D eigenvalue weighted by molar-refractivity contribution is 5.61. The maximum Gasteiger partial charge on any atom is 0.258 e. The van der Waals surface area contributed by atoms with Crippen molar-refractivity contribution in [2.45, 2.75) is 19.4 Å². The third kappa shape index (κ3) is 2.96. The van der Waals surface area contributed by atoms with Gasteiger partial charge in [0, 0.05) is 17.7 Å². The van der Waals surface area contributed by atoms with E-state index in [1.807, 2.05) is 24.3 Å². The first kappa shape index (κ1) is 15.1. The Kier molecular flexibility index (Phi) is 4.11. The number of hydrogen-bond donors (Lipinski definition) is 2. The van der Waals surface area contributed by atoms with Gasteiger partial charge in [0.1, 0.15) is 0 Å². The second-order valence-corrected chi connectivity index (χ2v) is 6.06. The predicted octanol–water partition coefficient (Wildman–Crippen LogP) is 2.55. The van der Waals surface area contributed by atoms with Crippen molar-refractivity contribution < 1.29 is 4.52 Å². The first-order valence-corrected chi connectivity index (χ1v) is 8.29. The molecule has 0 amide bonds. The molecule has 0 saturated carbocycles. The standard InChI is InChI=1S/C19H20N4O/c20-12-13-1-3-15(4-2-13)18-22-19(24-23-18)17-6-5-14-7-9-21-10-8-16(14)11-17/h1-6,11,21H,7-10,12,20H2. The van der Waals surface area contributed by atoms with Crippen molar-refractivity contribution in [3.05, 3.63) is 59.2 Å². The van der Waals surface area contributed by atoms with Gasteiger partial charge < -0.3 is 15.6 Å². The van der Waals surface area contributed by atoms with Crippen molar-refractivity contribution in [3.8, 4) is 22.8 Å². The number of nitrogens with two attached hydrogens (primary N) is 1. The molecule has 2 aromatic carbocycles. The molecule has 0 unspecified atom stereocenters. The van der Waals surface area contributed by atoms with Crippen molar-refractivity contribution in [1.29, 1.82) is 0 Å². The quantitative estimate of drug-likeness (QED) is 0.775. The molecular formula is C19H20N4O. The van der Waals surface area contributed by atoms with Crippen LogP contribution in [0.3, 0.4) is 0 Å². The Hall–Kier alpha value is -2.50. The van der Waals surface area contributed by atoms with Crippen LogP contribution in [0.4, 0.5) is 0 Å². The van der Waals surface area contributed by atoms with Gasteiger partial charge in [-0.05, 0) is 54.8 Å². The second-order valence-electron chi connectivity index (χ2n) is 6.06. The van der Waals surface area contributed by atoms with Crippen LogP contribution in [-0.2, 0) is 19.4 Å². The summed E-state index contributed by atoms with van der Waals surface area (Å²) in [6, 6.07) is 14.3. The SMILES string of the molecule is NCc1ccc(-c2noc(-c3ccc4c(c3)CCNCC4)n2)cc1. The number of nitrogens with zero attached hydrogens (tertiary/aromatic N) is 2. The van der Waals surface area contributed by atoms with Gasteiger partial charge in [-0.25, -0.2) is 0 Å². The number of fused-ring (bicyclic) bond motifs is 1. The second kappa shape index (κ2) is 6.55. The van der Waals surface area contributed by atoms with Gasteiger partial charge in [-0.1, -0.05) is 35.5 Å². The van der Waals surface area contributed by atoms with Crippen LogP contribution in [0.1, 0.15) is 16.7 Å². The van der Waals surface area contributed by atoms with Crippen molar-refractivity contribution in [3.63, 3.8) is 0 Å². The molecule has 0 fully saturated rings. The molecule has 3 N–H and O–H groups in total. The minimum absolute atomic E-state index is 0.530. The zero-order valence-corrected chi connectivity index (χ0v) is 13.5. The molecule has 0 bridgehead atoms. The topological polar surface area (TPSA) is 77.0 Å². The number of aromatic nitrogens is 2. The number of benzene rings is 2. The Labute approximate surface area is 140 Å². The minimum Gasteiger partial charge on any atom is -0.334 e. The molecule has 1 aliphatic heterocycles. The largest absolute Gasteiger partial charge is 0.334 e. The Bertz CT molecular complexity index is 839. The highest BCUT2D eigenvalue weighted by atomic mass is 16.5. The van der Waals surface area contributed by atoms with Gasteiger partial charge in [0.15, 0.2) is 0 Å². The molecule has 0 saturated heterocycles. The molecule has 0 aliphatic carbocycles. The number of nitrogens with one attached hydrogen (secondary N) is 1. The molecule has 1 aliphatic rings. The zero-order valence-electron chi connectivity index (χ0n) is 13.5. The molecule has 24 heavy (non-hydrogen) atoms. The Morgan fingerprint density at radius 1 is 0.958 bits per heavy atom. The van der Waals surface area contributed by atoms with Crippen molar-refractivity contribution in [2.24, 2.45) is 5.73 Å². The fraction of sp³-hybridized carbons (Fsp3) is 0.263. The first-order valence-electron chi connectivity index (χ1n) is 8.29. The molecule has 0 radical (unpaired) electrons. The van der Waals surface area contributed by atoms with Gasteiger partial charge in [-0.15, -0.1) is 0 Å². The van der Waals surface area contributed by atoms with Crippen molar-refractivity contribution in [2.75, 3.05) is 13.1 Å². The summed E-state index contributed by atoms with van der Waals surface area (Å²) in [6.07, 6.45) is 2.10. The molecule has 1 aromatic heterocycles. The lowest BCUT2D eigenvalue weighted by Gasteiger charge is -2.05. The Morgan fingerprint density at radius 3 is 2.50 bits per heavy atom. The summed E-state index contributed by atoms with van der Waals surface area (Å²) in [4.78, 5) is 4.55. The van der Waals surface area contributed by atoms with E-state index in [2.05, 4.69) is 33.7 Å². The minimum atomic E-state index is 0.530. The van der Waals surface area contributed by atoms with Crippen LogP contribution < -0.4 is 11.1 Å². The van der Waals surface area contributed by atoms with Crippen molar-refractivity contribution >= 4 is 0 Å². The highest BCUT2D eigenvalue weighted by Gasteiger charge is 2.14. The molecule has 4 rings (SSSR count). The average molecular weight is 320 g/mol. The van der Waals surface area contributed by atoms with E-state index in [1.54, 1.807) is 0 Å². The van der Waals surface area contributed by atoms with E-state index < -0.39 is 0 Å². The molecule has 0 atom stereocenters. The van der Waals surface area contributed by atoms with E-state index in [4.69, 9.17) is 10.3 Å². The normalized spacial score (nSPS) is 14.2. The lowest BCUT2D eigenvalue weighted by Crippen LogP contribution is -2.16. The third-order valence-electron chi connectivity index (χ3n) is 4.47. The van der Waals surface area contributed by atoms with Crippen molar-refractivity contribution in [1.82, 2.24) is 15.5 Å². The fourth-order valence-corrected chi connectivity index (χ4v) is 3.05. The summed E-state index contributed by atoms with van der Waals surface area (Å²) in [5.41, 5.74) is 11.4. The first-order chi connectivity index (χ1) is 11.8. The van der Waals surface area contributed by atoms with Gasteiger partial charge in [0.25, 0.3) is 5.89 Å². The highest BCUT2D eigenvalue weighted by Crippen LogP contribution is 2.25. The predicted molar refractivity (Wildman–Crippen MR) is 93.3 cm³/mol. The van der Waals surface area contributed by atoms with Crippen LogP contribution >= 0.6 is 0 Å². The Morgan fingerprint density at radius 2 is 1.71 bits per heavy atom. The zero-order chi connectivity index (χ0) is 16.4. The van der Waals surface area contributed by atoms with Crippen LogP contribution in [0.15, 0.2) is 47.0 Å². The van der Waals surface area contributed by atoms with Crippen LogP contribution in [0.5, 0.6) is 0 Å². The molecule has 122 valence electrons. The van der Waals surface area contributed by atoms with E-state index >= 15 is 0 Å². The van der Waals surface area contributed by atoms with Crippen LogP contribution in [-0.4, -0.2) is 23.2 Å². The van der Waals surface area contributed by atoms with Crippen LogP contribution in [0.2, 0.25) is 0 Å². The maximum absolute atomic E-state index is 5.63. The molecule has 2 heterocycles. The summed E-state index contributed by atoms with van der Waals surface area (Å²) < 4.78 is 5.48. The number of hydrogen-bond acceptors (Lipinski definition) is 5. The molecule has 0 spiro atoms. The summed E-state index contributed by atoms with van der Waals surface area (Å²) in [7, 11) is 0. The summed E-state index contributed by atoms with van der Waals surface area (Å²) in [5.74, 6) is 1.16. The molecular weight excluding hydrogens is 300 g/mol. The average Bonchev–Trinajstić information content (AvgIpc) is 3.01. The van der Waals surface area contributed by atoms with E-state index in [0.717, 1.165) is 42.6 Å². The van der Waals surface area contributed by atoms with E-state index in [0.29, 0.717) is 18.3 Å². The smallest absolute Gasteiger partial charge is 0.258 e. The van der Waals surface area contributed by atoms with Gasteiger partial charge in [-0.2, -0.15) is 4.98 Å². The third-order valence-corrected chi connectivity index (χ3v) is 4.47. The molecule has 3 aromatic rings. The van der Waals surface area contributed by atoms with Gasteiger partial charge in [0.05, 0.1) is 0 Å². The van der Waals surface area contributed by atoms with E-state index in [9.17, 15) is 0 Å². The summed E-state index contributed by atoms with van der Waals surface area (Å²) in [6.45, 7) is 2.58. The summed E-state index contributed by atoms with van der Waals surface area (Å²) >= 11 is 0. The monoisotopic (exact) mass is 320 g/mol.